The van der Waals surface area contributed by atoms with Gasteiger partial charge in [-0.05, 0) is 27.7 Å². The first-order valence-electron chi connectivity index (χ1n) is 6.78. The molecule has 114 valence electrons. The fourth-order valence-corrected chi connectivity index (χ4v) is 1.32. The lowest BCUT2D eigenvalue weighted by Gasteiger charge is -2.25. The molecule has 0 saturated heterocycles. The fraction of sp³-hybridized carbons (Fsp3) is 0.500. The average Bonchev–Trinajstić information content (AvgIpc) is 2.47. The van der Waals surface area contributed by atoms with Gasteiger partial charge in [0.2, 0.25) is 0 Å². The molecule has 0 saturated carbocycles. The van der Waals surface area contributed by atoms with E-state index in [1.165, 1.54) is 0 Å². The third-order valence-electron chi connectivity index (χ3n) is 2.18. The van der Waals surface area contributed by atoms with Crippen molar-refractivity contribution in [1.82, 2.24) is 0 Å². The Hall–Kier alpha value is -1.84. The minimum Gasteiger partial charge on any atom is -0.498 e. The predicted molar refractivity (Wildman–Crippen MR) is 80.9 cm³/mol. The molecule has 0 amide bonds. The van der Waals surface area contributed by atoms with Crippen LogP contribution < -0.4 is 0 Å². The lowest BCUT2D eigenvalue weighted by molar-refractivity contribution is -0.0568. The largest absolute Gasteiger partial charge is 0.498 e. The van der Waals surface area contributed by atoms with Gasteiger partial charge in [0.05, 0.1) is 25.0 Å². The molecule has 0 bridgehead atoms. The number of hydrogen-bond acceptors (Lipinski definition) is 4. The predicted octanol–water partition coefficient (Wildman–Crippen LogP) is 3.92. The Labute approximate surface area is 122 Å². The molecule has 0 aliphatic rings. The molecule has 4 nitrogen and oxygen atoms in total. The summed E-state index contributed by atoms with van der Waals surface area (Å²) in [6.07, 6.45) is 13.3. The van der Waals surface area contributed by atoms with Crippen molar-refractivity contribution in [3.05, 3.63) is 49.4 Å². The van der Waals surface area contributed by atoms with Crippen LogP contribution in [-0.4, -0.2) is 25.4 Å². The summed E-state index contributed by atoms with van der Waals surface area (Å²) in [5.74, 6) is 0. The van der Waals surface area contributed by atoms with Crippen LogP contribution >= 0.6 is 0 Å². The van der Waals surface area contributed by atoms with Gasteiger partial charge in [-0.25, -0.2) is 0 Å². The van der Waals surface area contributed by atoms with E-state index in [0.717, 1.165) is 0 Å². The third-order valence-corrected chi connectivity index (χ3v) is 2.18. The molecule has 4 heteroatoms. The molecular weight excluding hydrogens is 256 g/mol. The second kappa shape index (κ2) is 13.6. The SMILES string of the molecule is CC=COCC(OC=CC)C(COC=CC)OC=CC. The van der Waals surface area contributed by atoms with E-state index in [2.05, 4.69) is 0 Å². The summed E-state index contributed by atoms with van der Waals surface area (Å²) in [6.45, 7) is 8.34. The lowest BCUT2D eigenvalue weighted by atomic mass is 10.2. The van der Waals surface area contributed by atoms with Crippen LogP contribution in [0.15, 0.2) is 49.4 Å². The van der Waals surface area contributed by atoms with Crippen molar-refractivity contribution in [3.8, 4) is 0 Å². The Kier molecular flexibility index (Phi) is 12.3. The van der Waals surface area contributed by atoms with Gasteiger partial charge in [-0.15, -0.1) is 0 Å². The zero-order valence-corrected chi connectivity index (χ0v) is 12.8. The first-order chi connectivity index (χ1) is 9.79. The van der Waals surface area contributed by atoms with Crippen molar-refractivity contribution in [1.29, 1.82) is 0 Å². The Morgan fingerprint density at radius 2 is 0.950 bits per heavy atom. The molecular formula is C16H26O4. The average molecular weight is 282 g/mol. The van der Waals surface area contributed by atoms with E-state index in [0.29, 0.717) is 13.2 Å². The minimum absolute atomic E-state index is 0.260. The molecule has 0 aliphatic heterocycles. The van der Waals surface area contributed by atoms with Crippen molar-refractivity contribution >= 4 is 0 Å². The van der Waals surface area contributed by atoms with Crippen LogP contribution in [0.2, 0.25) is 0 Å². The van der Waals surface area contributed by atoms with Crippen molar-refractivity contribution in [2.45, 2.75) is 39.9 Å². The molecule has 0 rings (SSSR count). The van der Waals surface area contributed by atoms with Gasteiger partial charge < -0.3 is 18.9 Å². The summed E-state index contributed by atoms with van der Waals surface area (Å²) >= 11 is 0. The summed E-state index contributed by atoms with van der Waals surface area (Å²) in [7, 11) is 0. The van der Waals surface area contributed by atoms with E-state index < -0.39 is 0 Å². The van der Waals surface area contributed by atoms with Crippen LogP contribution in [0, 0.1) is 0 Å². The number of rotatable bonds is 11. The molecule has 0 fully saturated rings. The standard InChI is InChI=1S/C16H26O4/c1-5-9-17-13-15(19-11-7-3)16(20-12-8-4)14-18-10-6-2/h5-12,15-16H,13-14H2,1-4H3. The molecule has 0 radical (unpaired) electrons. The van der Waals surface area contributed by atoms with E-state index in [9.17, 15) is 0 Å². The summed E-state index contributed by atoms with van der Waals surface area (Å²) in [5, 5.41) is 0. The molecule has 0 aliphatic carbocycles. The highest BCUT2D eigenvalue weighted by molar-refractivity contribution is 4.81. The van der Waals surface area contributed by atoms with E-state index in [1.54, 1.807) is 25.0 Å². The third kappa shape index (κ3) is 9.14. The highest BCUT2D eigenvalue weighted by Gasteiger charge is 2.24. The van der Waals surface area contributed by atoms with Gasteiger partial charge >= 0.3 is 0 Å². The smallest absolute Gasteiger partial charge is 0.171 e. The second-order valence-corrected chi connectivity index (χ2v) is 3.89. The van der Waals surface area contributed by atoms with Gasteiger partial charge in [-0.2, -0.15) is 0 Å². The van der Waals surface area contributed by atoms with Gasteiger partial charge in [0.25, 0.3) is 0 Å². The van der Waals surface area contributed by atoms with Gasteiger partial charge in [-0.3, -0.25) is 0 Å². The number of allylic oxidation sites excluding steroid dienone is 4. The maximum absolute atomic E-state index is 5.63. The molecule has 2 atom stereocenters. The first-order valence-corrected chi connectivity index (χ1v) is 6.78. The zero-order valence-electron chi connectivity index (χ0n) is 12.8. The van der Waals surface area contributed by atoms with Crippen molar-refractivity contribution in [2.24, 2.45) is 0 Å². The van der Waals surface area contributed by atoms with Gasteiger partial charge in [0.1, 0.15) is 13.2 Å². The lowest BCUT2D eigenvalue weighted by Crippen LogP contribution is -2.36. The van der Waals surface area contributed by atoms with E-state index in [-0.39, 0.29) is 12.2 Å². The van der Waals surface area contributed by atoms with Crippen LogP contribution in [0.5, 0.6) is 0 Å². The Morgan fingerprint density at radius 3 is 1.25 bits per heavy atom. The highest BCUT2D eigenvalue weighted by Crippen LogP contribution is 2.09. The quantitative estimate of drug-likeness (QED) is 0.538. The maximum atomic E-state index is 5.63. The summed E-state index contributed by atoms with van der Waals surface area (Å²) in [4.78, 5) is 0. The first kappa shape index (κ1) is 18.2. The molecule has 0 N–H and O–H groups in total. The van der Waals surface area contributed by atoms with Crippen LogP contribution in [0.25, 0.3) is 0 Å². The topological polar surface area (TPSA) is 36.9 Å². The molecule has 0 spiro atoms. The van der Waals surface area contributed by atoms with Crippen LogP contribution in [-0.2, 0) is 18.9 Å². The Morgan fingerprint density at radius 1 is 0.600 bits per heavy atom. The van der Waals surface area contributed by atoms with Crippen molar-refractivity contribution in [3.63, 3.8) is 0 Å². The summed E-state index contributed by atoms with van der Waals surface area (Å²) in [6, 6.07) is 0. The van der Waals surface area contributed by atoms with Crippen molar-refractivity contribution in [2.75, 3.05) is 13.2 Å². The Balaban J connectivity index is 4.64. The van der Waals surface area contributed by atoms with E-state index >= 15 is 0 Å². The second-order valence-electron chi connectivity index (χ2n) is 3.89. The summed E-state index contributed by atoms with van der Waals surface area (Å²) in [5.41, 5.74) is 0. The molecule has 20 heavy (non-hydrogen) atoms. The highest BCUT2D eigenvalue weighted by atomic mass is 16.6. The van der Waals surface area contributed by atoms with Crippen LogP contribution in [0.1, 0.15) is 27.7 Å². The van der Waals surface area contributed by atoms with Crippen LogP contribution in [0.3, 0.4) is 0 Å². The molecule has 0 heterocycles. The minimum atomic E-state index is -0.260. The van der Waals surface area contributed by atoms with E-state index in [1.807, 2.05) is 52.0 Å². The summed E-state index contributed by atoms with van der Waals surface area (Å²) < 4.78 is 22.0. The Bertz CT molecular complexity index is 286. The zero-order chi connectivity index (χ0) is 15.1. The monoisotopic (exact) mass is 282 g/mol. The van der Waals surface area contributed by atoms with Gasteiger partial charge in [0, 0.05) is 0 Å². The normalized spacial score (nSPS) is 15.2. The van der Waals surface area contributed by atoms with Crippen molar-refractivity contribution < 1.29 is 18.9 Å². The number of ether oxygens (including phenoxy) is 4. The molecule has 2 unspecified atom stereocenters. The van der Waals surface area contributed by atoms with Crippen LogP contribution in [0.4, 0.5) is 0 Å². The molecule has 0 aromatic heterocycles. The van der Waals surface area contributed by atoms with E-state index in [4.69, 9.17) is 18.9 Å². The molecule has 0 aromatic rings. The van der Waals surface area contributed by atoms with Gasteiger partial charge in [-0.1, -0.05) is 24.3 Å². The molecule has 0 aromatic carbocycles. The fourth-order valence-electron chi connectivity index (χ4n) is 1.32. The number of hydrogen-bond donors (Lipinski definition) is 0. The maximum Gasteiger partial charge on any atom is 0.171 e. The van der Waals surface area contributed by atoms with Gasteiger partial charge in [0.15, 0.2) is 12.2 Å².